The van der Waals surface area contributed by atoms with Crippen LogP contribution in [-0.2, 0) is 0 Å². The standard InChI is InChI=1S/C62H48N4.C34H20Br2N2.C14H15N/c1-41-23-11-17-33-49(41)65(50-34-18-12-24-42(50)2)57-39-55-60(48-32-16-22-38-54(48)63(55)45-27-7-5-8-28-45)62-58(66(51-35-19-13-25-43(51)3)52-36-20-14-26-44(52)4)40-56-59(61(57)62)47-31-15-21-37-53(47)64(56)46-29-9-6-10-30-46;35-25-19-29-31(23-15-7-9-17-27(23)37(29)21-11-3-1-4-12-21)33-26(36)20-30-32(34(25)33)24-16-8-10-18-28(24)38(30)22-13-5-2-6-14-22;1-11-7-3-5-9-13(11)15-14-10-6-4-8-12(14)2/h5-40H,1-4H3;1-20H;3-10,15H,1-2H3. The Morgan fingerprint density at radius 2 is 0.412 bits per heavy atom. The Kier molecular flexibility index (Phi) is 19.2. The summed E-state index contributed by atoms with van der Waals surface area (Å²) in [5.41, 5.74) is 30.3. The number of para-hydroxylation sites is 14. The van der Waals surface area contributed by atoms with E-state index in [1.807, 2.05) is 12.1 Å². The normalized spacial score (nSPS) is 11.5. The Balaban J connectivity index is 0.000000142. The van der Waals surface area contributed by atoms with E-state index in [9.17, 15) is 0 Å². The summed E-state index contributed by atoms with van der Waals surface area (Å²) >= 11 is 8.09. The van der Waals surface area contributed by atoms with Crippen LogP contribution < -0.4 is 15.1 Å². The van der Waals surface area contributed by atoms with Gasteiger partial charge in [0.1, 0.15) is 0 Å². The maximum atomic E-state index is 4.05. The predicted molar refractivity (Wildman–Crippen MR) is 515 cm³/mol. The molecule has 1 N–H and O–H groups in total. The number of anilines is 8. The van der Waals surface area contributed by atoms with Gasteiger partial charge >= 0.3 is 0 Å². The molecular weight excluding hydrogens is 1580 g/mol. The van der Waals surface area contributed by atoms with E-state index < -0.39 is 0 Å². The first-order valence-electron chi connectivity index (χ1n) is 40.6. The minimum absolute atomic E-state index is 1.09. The molecule has 0 saturated carbocycles. The van der Waals surface area contributed by atoms with Crippen molar-refractivity contribution in [2.75, 3.05) is 15.1 Å². The zero-order valence-electron chi connectivity index (χ0n) is 66.9. The van der Waals surface area contributed by atoms with Crippen molar-refractivity contribution < 1.29 is 0 Å². The number of halogens is 2. The quantitative estimate of drug-likeness (QED) is 0.132. The summed E-state index contributed by atoms with van der Waals surface area (Å²) < 4.78 is 11.9. The maximum Gasteiger partial charge on any atom is 0.0569 e. The molecule has 0 radical (unpaired) electrons. The summed E-state index contributed by atoms with van der Waals surface area (Å²) in [5, 5.41) is 18.1. The predicted octanol–water partition coefficient (Wildman–Crippen LogP) is 31.8. The van der Waals surface area contributed by atoms with Crippen molar-refractivity contribution in [3.05, 3.63) is 431 Å². The topological polar surface area (TPSA) is 38.2 Å². The summed E-state index contributed by atoms with van der Waals surface area (Å²) in [6.07, 6.45) is 0. The van der Waals surface area contributed by atoms with E-state index in [2.05, 4.69) is 483 Å². The van der Waals surface area contributed by atoms with E-state index in [4.69, 9.17) is 0 Å². The molecule has 0 saturated heterocycles. The number of hydrogen-bond acceptors (Lipinski definition) is 3. The molecule has 0 aliphatic heterocycles. The molecule has 9 heteroatoms. The van der Waals surface area contributed by atoms with Gasteiger partial charge in [-0.15, -0.1) is 0 Å². The zero-order chi connectivity index (χ0) is 80.5. The van der Waals surface area contributed by atoms with Crippen LogP contribution in [0.1, 0.15) is 33.4 Å². The minimum Gasteiger partial charge on any atom is -0.355 e. The fourth-order valence-corrected chi connectivity index (χ4v) is 19.5. The van der Waals surface area contributed by atoms with Gasteiger partial charge in [0, 0.05) is 130 Å². The number of hydrogen-bond donors (Lipinski definition) is 1. The van der Waals surface area contributed by atoms with Gasteiger partial charge in [0.15, 0.2) is 0 Å². The van der Waals surface area contributed by atoms with Crippen molar-refractivity contribution in [1.82, 2.24) is 18.3 Å². The lowest BCUT2D eigenvalue weighted by Gasteiger charge is -2.33. The number of aromatic nitrogens is 4. The van der Waals surface area contributed by atoms with Gasteiger partial charge in [0.05, 0.1) is 55.5 Å². The van der Waals surface area contributed by atoms with Crippen molar-refractivity contribution in [1.29, 1.82) is 0 Å². The number of fused-ring (bicyclic) bond motifs is 18. The van der Waals surface area contributed by atoms with Crippen molar-refractivity contribution in [2.24, 2.45) is 0 Å². The van der Waals surface area contributed by atoms with Crippen LogP contribution in [0.25, 0.3) is 132 Å². The van der Waals surface area contributed by atoms with E-state index in [1.54, 1.807) is 0 Å². The first kappa shape index (κ1) is 73.9. The van der Waals surface area contributed by atoms with Gasteiger partial charge in [0.25, 0.3) is 0 Å². The number of nitrogens with one attached hydrogen (secondary N) is 1. The smallest absolute Gasteiger partial charge is 0.0569 e. The second-order valence-electron chi connectivity index (χ2n) is 30.9. The highest BCUT2D eigenvalue weighted by Gasteiger charge is 2.32. The van der Waals surface area contributed by atoms with Crippen LogP contribution in [0.3, 0.4) is 0 Å². The number of rotatable bonds is 12. The van der Waals surface area contributed by atoms with Crippen LogP contribution in [0.15, 0.2) is 397 Å². The number of aryl methyl sites for hydroxylation is 6. The van der Waals surface area contributed by atoms with Gasteiger partial charge in [-0.2, -0.15) is 0 Å². The molecule has 119 heavy (non-hydrogen) atoms. The Hall–Kier alpha value is -14.0. The monoisotopic (exact) mass is 1660 g/mol. The summed E-state index contributed by atoms with van der Waals surface area (Å²) in [4.78, 5) is 5.09. The van der Waals surface area contributed by atoms with Gasteiger partial charge in [-0.25, -0.2) is 0 Å². The zero-order valence-corrected chi connectivity index (χ0v) is 70.1. The van der Waals surface area contributed by atoms with Crippen LogP contribution in [0.2, 0.25) is 0 Å². The third kappa shape index (κ3) is 12.7. The molecule has 0 spiro atoms. The summed E-state index contributed by atoms with van der Waals surface area (Å²) in [6.45, 7) is 13.2. The van der Waals surface area contributed by atoms with Crippen LogP contribution in [-0.4, -0.2) is 18.3 Å². The molecule has 7 nitrogen and oxygen atoms in total. The van der Waals surface area contributed by atoms with E-state index in [1.165, 1.54) is 131 Å². The van der Waals surface area contributed by atoms with Crippen LogP contribution in [0.4, 0.5) is 45.5 Å². The Labute approximate surface area is 709 Å². The molecule has 0 aliphatic rings. The summed E-state index contributed by atoms with van der Waals surface area (Å²) in [6, 6.07) is 140. The van der Waals surface area contributed by atoms with Gasteiger partial charge in [-0.3, -0.25) is 0 Å². The fourth-order valence-electron chi connectivity index (χ4n) is 18.3. The lowest BCUT2D eigenvalue weighted by atomic mass is 9.93. The molecule has 4 aromatic heterocycles. The molecule has 0 unspecified atom stereocenters. The average molecular weight is 1660 g/mol. The van der Waals surface area contributed by atoms with Gasteiger partial charge in [-0.1, -0.05) is 287 Å². The molecule has 4 heterocycles. The highest BCUT2D eigenvalue weighted by Crippen LogP contribution is 2.56. The molecule has 0 fully saturated rings. The van der Waals surface area contributed by atoms with Crippen molar-refractivity contribution >= 4 is 186 Å². The van der Waals surface area contributed by atoms with Crippen molar-refractivity contribution in [3.8, 4) is 22.7 Å². The lowest BCUT2D eigenvalue weighted by molar-refractivity contribution is 1.17. The minimum atomic E-state index is 1.09. The van der Waals surface area contributed by atoms with Crippen molar-refractivity contribution in [2.45, 2.75) is 41.5 Å². The van der Waals surface area contributed by atoms with E-state index in [0.29, 0.717) is 0 Å². The Morgan fingerprint density at radius 3 is 0.681 bits per heavy atom. The molecule has 22 aromatic rings. The van der Waals surface area contributed by atoms with Gasteiger partial charge < -0.3 is 33.4 Å². The average Bonchev–Trinajstić information content (AvgIpc) is 1.57. The summed E-state index contributed by atoms with van der Waals surface area (Å²) in [7, 11) is 0. The highest BCUT2D eigenvalue weighted by atomic mass is 79.9. The molecule has 22 rings (SSSR count). The third-order valence-corrected chi connectivity index (χ3v) is 25.0. The molecule has 18 aromatic carbocycles. The Morgan fingerprint density at radius 1 is 0.193 bits per heavy atom. The second-order valence-corrected chi connectivity index (χ2v) is 32.6. The van der Waals surface area contributed by atoms with Crippen LogP contribution in [0, 0.1) is 41.5 Å². The molecule has 0 amide bonds. The fraction of sp³-hybridized carbons (Fsp3) is 0.0545. The molecule has 0 bridgehead atoms. The first-order valence-corrected chi connectivity index (χ1v) is 42.2. The van der Waals surface area contributed by atoms with E-state index in [-0.39, 0.29) is 0 Å². The van der Waals surface area contributed by atoms with Crippen LogP contribution in [0.5, 0.6) is 0 Å². The summed E-state index contributed by atoms with van der Waals surface area (Å²) in [5.74, 6) is 0. The third-order valence-electron chi connectivity index (χ3n) is 23.7. The molecule has 572 valence electrons. The lowest BCUT2D eigenvalue weighted by Crippen LogP contribution is -2.16. The van der Waals surface area contributed by atoms with Crippen LogP contribution >= 0.6 is 31.9 Å². The SMILES string of the molecule is Brc1cc2c(c3ccccc3n2-c2ccccc2)c2c(Br)cc3c(c4ccccc4n3-c3ccccc3)c12.Cc1ccccc1N(c1ccccc1C)c1cc2c(c3ccccc3n2-c2ccccc2)c2c(N(c3ccccc3C)c3ccccc3C)cc3c(c4ccccc4n3-c3ccccc3)c12.Cc1ccccc1Nc1ccccc1C. The Bertz CT molecular complexity index is 7140. The maximum absolute atomic E-state index is 4.05. The van der Waals surface area contributed by atoms with Gasteiger partial charge in [-0.05, 0) is 208 Å². The molecular formula is C110H83Br2N7. The molecule has 0 aliphatic carbocycles. The first-order chi connectivity index (χ1) is 58.5. The molecule has 0 atom stereocenters. The number of nitrogens with zero attached hydrogens (tertiary/aromatic N) is 6. The van der Waals surface area contributed by atoms with E-state index in [0.717, 1.165) is 87.9 Å². The van der Waals surface area contributed by atoms with E-state index >= 15 is 0 Å². The number of benzene rings is 18. The highest BCUT2D eigenvalue weighted by molar-refractivity contribution is 9.11. The second kappa shape index (κ2) is 30.9. The largest absolute Gasteiger partial charge is 0.355 e. The van der Waals surface area contributed by atoms with Crippen molar-refractivity contribution in [3.63, 3.8) is 0 Å². The van der Waals surface area contributed by atoms with Gasteiger partial charge in [0.2, 0.25) is 0 Å².